The minimum Gasteiger partial charge on any atom is -0.478 e. The van der Waals surface area contributed by atoms with Gasteiger partial charge in [-0.15, -0.1) is 0 Å². The van der Waals surface area contributed by atoms with Gasteiger partial charge in [0.15, 0.2) is 0 Å². The van der Waals surface area contributed by atoms with E-state index >= 15 is 0 Å². The first-order valence-electron chi connectivity index (χ1n) is 5.34. The van der Waals surface area contributed by atoms with Gasteiger partial charge in [0.05, 0.1) is 0 Å². The van der Waals surface area contributed by atoms with E-state index in [2.05, 4.69) is 20.8 Å². The lowest BCUT2D eigenvalue weighted by Gasteiger charge is -2.30. The average molecular weight is 196 g/mol. The Morgan fingerprint density at radius 2 is 2.14 bits per heavy atom. The lowest BCUT2D eigenvalue weighted by Crippen LogP contribution is -2.22. The fourth-order valence-corrected chi connectivity index (χ4v) is 2.35. The van der Waals surface area contributed by atoms with E-state index in [-0.39, 0.29) is 0 Å². The molecule has 1 N–H and O–H groups in total. The van der Waals surface area contributed by atoms with E-state index < -0.39 is 5.97 Å². The number of hydrogen-bond donors (Lipinski definition) is 1. The molecule has 0 aromatic carbocycles. The smallest absolute Gasteiger partial charge is 0.327 e. The lowest BCUT2D eigenvalue weighted by molar-refractivity contribution is -0.131. The lowest BCUT2D eigenvalue weighted by atomic mass is 9.75. The molecule has 2 unspecified atom stereocenters. The van der Waals surface area contributed by atoms with E-state index in [0.29, 0.717) is 11.3 Å². The quantitative estimate of drug-likeness (QED) is 0.704. The van der Waals surface area contributed by atoms with Crippen LogP contribution in [-0.2, 0) is 4.79 Å². The number of hydrogen-bond acceptors (Lipinski definition) is 1. The van der Waals surface area contributed by atoms with Crippen molar-refractivity contribution in [2.45, 2.75) is 40.0 Å². The predicted molar refractivity (Wildman–Crippen MR) is 57.1 cm³/mol. The third-order valence-electron chi connectivity index (χ3n) is 3.95. The zero-order valence-corrected chi connectivity index (χ0v) is 9.29. The van der Waals surface area contributed by atoms with Crippen LogP contribution < -0.4 is 0 Å². The molecule has 0 spiro atoms. The third kappa shape index (κ3) is 2.37. The Morgan fingerprint density at radius 3 is 2.57 bits per heavy atom. The molecule has 2 nitrogen and oxygen atoms in total. The second-order valence-corrected chi connectivity index (χ2v) is 4.97. The first-order valence-corrected chi connectivity index (χ1v) is 5.34. The van der Waals surface area contributed by atoms with Crippen molar-refractivity contribution in [1.82, 2.24) is 0 Å². The predicted octanol–water partition coefficient (Wildman–Crippen LogP) is 3.09. The molecule has 0 bridgehead atoms. The van der Waals surface area contributed by atoms with Gasteiger partial charge in [0, 0.05) is 6.08 Å². The van der Waals surface area contributed by atoms with Crippen molar-refractivity contribution < 1.29 is 9.90 Å². The molecule has 80 valence electrons. The molecule has 1 rings (SSSR count). The second kappa shape index (κ2) is 4.16. The highest BCUT2D eigenvalue weighted by Crippen LogP contribution is 2.48. The van der Waals surface area contributed by atoms with Crippen molar-refractivity contribution in [2.24, 2.45) is 17.3 Å². The molecular formula is C12H20O2. The molecule has 0 amide bonds. The van der Waals surface area contributed by atoms with E-state index in [1.165, 1.54) is 18.9 Å². The highest BCUT2D eigenvalue weighted by Gasteiger charge is 2.39. The number of aliphatic carboxylic acids is 1. The van der Waals surface area contributed by atoms with E-state index in [1.807, 2.05) is 0 Å². The Morgan fingerprint density at radius 1 is 1.50 bits per heavy atom. The second-order valence-electron chi connectivity index (χ2n) is 4.97. The normalized spacial score (nSPS) is 31.1. The molecule has 0 saturated heterocycles. The minimum atomic E-state index is -0.839. The highest BCUT2D eigenvalue weighted by atomic mass is 16.4. The van der Waals surface area contributed by atoms with Gasteiger partial charge < -0.3 is 5.11 Å². The molecule has 1 fully saturated rings. The molecule has 0 aromatic rings. The van der Waals surface area contributed by atoms with E-state index in [1.54, 1.807) is 6.08 Å². The fourth-order valence-electron chi connectivity index (χ4n) is 2.35. The van der Waals surface area contributed by atoms with Crippen LogP contribution in [0.1, 0.15) is 40.0 Å². The molecule has 1 saturated carbocycles. The number of allylic oxidation sites excluding steroid dienone is 1. The molecule has 0 radical (unpaired) electrons. The van der Waals surface area contributed by atoms with Crippen molar-refractivity contribution in [3.05, 3.63) is 12.2 Å². The average Bonchev–Trinajstić information content (AvgIpc) is 2.30. The Hall–Kier alpha value is -0.790. The molecule has 1 aliphatic carbocycles. The standard InChI is InChI=1S/C12H20O2/c1-9-7-8-10(12(9,2)3)5-4-6-11(13)14/h4,6,9-10H,5,7-8H2,1-3H3,(H,13,14)/b6-4+. The van der Waals surface area contributed by atoms with Crippen LogP contribution in [0.5, 0.6) is 0 Å². The zero-order chi connectivity index (χ0) is 10.8. The van der Waals surface area contributed by atoms with Gasteiger partial charge in [0.25, 0.3) is 0 Å². The molecular weight excluding hydrogens is 176 g/mol. The Bertz CT molecular complexity index is 241. The summed E-state index contributed by atoms with van der Waals surface area (Å²) in [5.74, 6) is 0.563. The molecule has 1 aliphatic rings. The summed E-state index contributed by atoms with van der Waals surface area (Å²) in [6.07, 6.45) is 6.48. The summed E-state index contributed by atoms with van der Waals surface area (Å²) >= 11 is 0. The fraction of sp³-hybridized carbons (Fsp3) is 0.750. The van der Waals surface area contributed by atoms with Crippen LogP contribution in [0.15, 0.2) is 12.2 Å². The van der Waals surface area contributed by atoms with Crippen LogP contribution in [-0.4, -0.2) is 11.1 Å². The third-order valence-corrected chi connectivity index (χ3v) is 3.95. The molecule has 14 heavy (non-hydrogen) atoms. The monoisotopic (exact) mass is 196 g/mol. The minimum absolute atomic E-state index is 0.364. The van der Waals surface area contributed by atoms with Crippen LogP contribution >= 0.6 is 0 Å². The largest absolute Gasteiger partial charge is 0.478 e. The van der Waals surface area contributed by atoms with Gasteiger partial charge in [-0.1, -0.05) is 26.8 Å². The Labute approximate surface area is 86.0 Å². The SMILES string of the molecule is CC1CCC(C/C=C/C(=O)O)C1(C)C. The van der Waals surface area contributed by atoms with Crippen LogP contribution in [0.25, 0.3) is 0 Å². The van der Waals surface area contributed by atoms with E-state index in [0.717, 1.165) is 12.3 Å². The zero-order valence-electron chi connectivity index (χ0n) is 9.29. The van der Waals surface area contributed by atoms with E-state index in [4.69, 9.17) is 5.11 Å². The maximum Gasteiger partial charge on any atom is 0.327 e. The van der Waals surface area contributed by atoms with Crippen molar-refractivity contribution in [3.8, 4) is 0 Å². The maximum absolute atomic E-state index is 10.3. The first-order chi connectivity index (χ1) is 6.44. The van der Waals surface area contributed by atoms with Crippen LogP contribution in [0.3, 0.4) is 0 Å². The molecule has 2 heteroatoms. The molecule has 0 aromatic heterocycles. The summed E-state index contributed by atoms with van der Waals surface area (Å²) in [5, 5.41) is 8.48. The van der Waals surface area contributed by atoms with Crippen molar-refractivity contribution >= 4 is 5.97 Å². The van der Waals surface area contributed by atoms with Crippen LogP contribution in [0, 0.1) is 17.3 Å². The van der Waals surface area contributed by atoms with Crippen molar-refractivity contribution in [3.63, 3.8) is 0 Å². The summed E-state index contributed by atoms with van der Waals surface area (Å²) < 4.78 is 0. The number of carbonyl (C=O) groups is 1. The Kier molecular flexibility index (Phi) is 3.35. The topological polar surface area (TPSA) is 37.3 Å². The van der Waals surface area contributed by atoms with Gasteiger partial charge in [-0.05, 0) is 36.5 Å². The van der Waals surface area contributed by atoms with Gasteiger partial charge in [-0.25, -0.2) is 4.79 Å². The summed E-state index contributed by atoms with van der Waals surface area (Å²) in [5.41, 5.74) is 0.364. The Balaban J connectivity index is 2.50. The summed E-state index contributed by atoms with van der Waals surface area (Å²) in [4.78, 5) is 10.3. The highest BCUT2D eigenvalue weighted by molar-refractivity contribution is 5.79. The molecule has 0 aliphatic heterocycles. The van der Waals surface area contributed by atoms with Gasteiger partial charge in [-0.2, -0.15) is 0 Å². The van der Waals surface area contributed by atoms with Crippen LogP contribution in [0.4, 0.5) is 0 Å². The van der Waals surface area contributed by atoms with Gasteiger partial charge in [0.1, 0.15) is 0 Å². The number of carboxylic acids is 1. The molecule has 2 atom stereocenters. The number of carboxylic acid groups (broad SMARTS) is 1. The van der Waals surface area contributed by atoms with Gasteiger partial charge in [0.2, 0.25) is 0 Å². The maximum atomic E-state index is 10.3. The first kappa shape index (κ1) is 11.3. The summed E-state index contributed by atoms with van der Waals surface area (Å²) in [6.45, 7) is 6.88. The molecule has 0 heterocycles. The van der Waals surface area contributed by atoms with E-state index in [9.17, 15) is 4.79 Å². The van der Waals surface area contributed by atoms with Gasteiger partial charge >= 0.3 is 5.97 Å². The summed E-state index contributed by atoms with van der Waals surface area (Å²) in [7, 11) is 0. The van der Waals surface area contributed by atoms with Gasteiger partial charge in [-0.3, -0.25) is 0 Å². The summed E-state index contributed by atoms with van der Waals surface area (Å²) in [6, 6.07) is 0. The van der Waals surface area contributed by atoms with Crippen molar-refractivity contribution in [1.29, 1.82) is 0 Å². The van der Waals surface area contributed by atoms with Crippen LogP contribution in [0.2, 0.25) is 0 Å². The van der Waals surface area contributed by atoms with Crippen molar-refractivity contribution in [2.75, 3.05) is 0 Å². The number of rotatable bonds is 3.